The Morgan fingerprint density at radius 3 is 2.50 bits per heavy atom. The van der Waals surface area contributed by atoms with Crippen LogP contribution in [0.2, 0.25) is 5.02 Å². The van der Waals surface area contributed by atoms with Crippen molar-refractivity contribution in [1.29, 1.82) is 0 Å². The Balaban J connectivity index is 2.11. The number of aryl methyl sites for hydroxylation is 1. The number of rotatable bonds is 1. The van der Waals surface area contributed by atoms with E-state index in [2.05, 4.69) is 28.4 Å². The molecule has 0 amide bonds. The van der Waals surface area contributed by atoms with Gasteiger partial charge in [-0.3, -0.25) is 0 Å². The van der Waals surface area contributed by atoms with E-state index in [1.54, 1.807) is 0 Å². The lowest BCUT2D eigenvalue weighted by atomic mass is 10.2. The second-order valence-corrected chi connectivity index (χ2v) is 4.78. The van der Waals surface area contributed by atoms with Gasteiger partial charge in [-0.05, 0) is 50.6 Å². The molecule has 3 heteroatoms. The van der Waals surface area contributed by atoms with Crippen molar-refractivity contribution in [3.63, 3.8) is 0 Å². The van der Waals surface area contributed by atoms with E-state index in [1.807, 2.05) is 6.92 Å². The first-order valence-corrected chi connectivity index (χ1v) is 6.37. The van der Waals surface area contributed by atoms with Crippen LogP contribution >= 0.6 is 11.6 Å². The lowest BCUT2D eigenvalue weighted by Crippen LogP contribution is -2.33. The molecule has 0 aliphatic carbocycles. The normalized spacial score (nSPS) is 18.0. The summed E-state index contributed by atoms with van der Waals surface area (Å²) in [7, 11) is 0. The van der Waals surface area contributed by atoms with Crippen LogP contribution in [0, 0.1) is 6.92 Å². The van der Waals surface area contributed by atoms with Gasteiger partial charge in [-0.2, -0.15) is 0 Å². The number of hydrogen-bond acceptors (Lipinski definition) is 2. The molecule has 88 valence electrons. The summed E-state index contributed by atoms with van der Waals surface area (Å²) >= 11 is 6.17. The van der Waals surface area contributed by atoms with Gasteiger partial charge in [-0.15, -0.1) is 0 Å². The average Bonchev–Trinajstić information content (AvgIpc) is 2.22. The molecular weight excluding hydrogens is 220 g/mol. The summed E-state index contributed by atoms with van der Waals surface area (Å²) < 4.78 is 0. The molecule has 1 saturated heterocycles. The fraction of sp³-hybridized carbons (Fsp3) is 0.538. The van der Waals surface area contributed by atoms with Crippen LogP contribution in [0.5, 0.6) is 0 Å². The van der Waals surface area contributed by atoms with Crippen LogP contribution in [-0.2, 0) is 0 Å². The number of nitrogens with one attached hydrogen (secondary N) is 1. The van der Waals surface area contributed by atoms with Crippen molar-refractivity contribution in [2.45, 2.75) is 19.8 Å². The second-order valence-electron chi connectivity index (χ2n) is 4.38. The third kappa shape index (κ3) is 2.89. The van der Waals surface area contributed by atoms with Gasteiger partial charge >= 0.3 is 0 Å². The molecule has 1 aromatic carbocycles. The highest BCUT2D eigenvalue weighted by atomic mass is 35.5. The highest BCUT2D eigenvalue weighted by Gasteiger charge is 2.09. The highest BCUT2D eigenvalue weighted by molar-refractivity contribution is 6.31. The van der Waals surface area contributed by atoms with Gasteiger partial charge in [0.2, 0.25) is 0 Å². The minimum absolute atomic E-state index is 0.873. The quantitative estimate of drug-likeness (QED) is 0.810. The zero-order valence-electron chi connectivity index (χ0n) is 9.80. The number of benzene rings is 1. The van der Waals surface area contributed by atoms with Crippen molar-refractivity contribution in [3.05, 3.63) is 28.8 Å². The maximum absolute atomic E-state index is 6.17. The molecule has 0 spiro atoms. The van der Waals surface area contributed by atoms with Crippen molar-refractivity contribution in [1.82, 2.24) is 5.32 Å². The lowest BCUT2D eigenvalue weighted by molar-refractivity contribution is 0.567. The van der Waals surface area contributed by atoms with E-state index in [0.29, 0.717) is 0 Å². The summed E-state index contributed by atoms with van der Waals surface area (Å²) in [4.78, 5) is 2.44. The molecule has 0 bridgehead atoms. The van der Waals surface area contributed by atoms with Gasteiger partial charge in [0, 0.05) is 23.8 Å². The van der Waals surface area contributed by atoms with Gasteiger partial charge in [0.25, 0.3) is 0 Å². The number of halogens is 1. The maximum atomic E-state index is 6.17. The molecule has 1 N–H and O–H groups in total. The van der Waals surface area contributed by atoms with Crippen molar-refractivity contribution in [3.8, 4) is 0 Å². The first-order chi connectivity index (χ1) is 7.77. The SMILES string of the molecule is Cc1ccc(N2CCCNCCC2)cc1Cl. The fourth-order valence-corrected chi connectivity index (χ4v) is 2.24. The van der Waals surface area contributed by atoms with Crippen LogP contribution < -0.4 is 10.2 Å². The molecule has 0 radical (unpaired) electrons. The second kappa shape index (κ2) is 5.55. The predicted molar refractivity (Wildman–Crippen MR) is 70.5 cm³/mol. The molecule has 1 aliphatic heterocycles. The van der Waals surface area contributed by atoms with Crippen LogP contribution in [-0.4, -0.2) is 26.2 Å². The van der Waals surface area contributed by atoms with E-state index in [-0.39, 0.29) is 0 Å². The molecule has 16 heavy (non-hydrogen) atoms. The Bertz CT molecular complexity index is 344. The first-order valence-electron chi connectivity index (χ1n) is 5.99. The minimum atomic E-state index is 0.873. The Morgan fingerprint density at radius 2 is 1.88 bits per heavy atom. The highest BCUT2D eigenvalue weighted by Crippen LogP contribution is 2.23. The molecule has 0 aromatic heterocycles. The molecule has 0 atom stereocenters. The standard InChI is InChI=1S/C13H19ClN2/c1-11-4-5-12(10-13(11)14)16-8-2-6-15-7-3-9-16/h4-5,10,15H,2-3,6-9H2,1H3. The van der Waals surface area contributed by atoms with Crippen molar-refractivity contribution >= 4 is 17.3 Å². The van der Waals surface area contributed by atoms with E-state index in [4.69, 9.17) is 11.6 Å². The van der Waals surface area contributed by atoms with Crippen molar-refractivity contribution in [2.75, 3.05) is 31.1 Å². The fourth-order valence-electron chi connectivity index (χ4n) is 2.06. The van der Waals surface area contributed by atoms with E-state index < -0.39 is 0 Å². The Hall–Kier alpha value is -0.730. The first kappa shape index (κ1) is 11.7. The number of hydrogen-bond donors (Lipinski definition) is 1. The molecule has 0 unspecified atom stereocenters. The molecule has 1 aromatic rings. The van der Waals surface area contributed by atoms with Crippen molar-refractivity contribution in [2.24, 2.45) is 0 Å². The third-order valence-corrected chi connectivity index (χ3v) is 3.49. The topological polar surface area (TPSA) is 15.3 Å². The third-order valence-electron chi connectivity index (χ3n) is 3.08. The van der Waals surface area contributed by atoms with Crippen molar-refractivity contribution < 1.29 is 0 Å². The molecule has 1 aliphatic rings. The van der Waals surface area contributed by atoms with E-state index in [9.17, 15) is 0 Å². The minimum Gasteiger partial charge on any atom is -0.371 e. The van der Waals surface area contributed by atoms with Gasteiger partial charge < -0.3 is 10.2 Å². The van der Waals surface area contributed by atoms with Gasteiger partial charge in [0.1, 0.15) is 0 Å². The van der Waals surface area contributed by atoms with E-state index in [0.717, 1.165) is 36.8 Å². The monoisotopic (exact) mass is 238 g/mol. The van der Waals surface area contributed by atoms with Crippen LogP contribution in [0.25, 0.3) is 0 Å². The zero-order valence-corrected chi connectivity index (χ0v) is 10.6. The van der Waals surface area contributed by atoms with Crippen LogP contribution in [0.4, 0.5) is 5.69 Å². The Kier molecular flexibility index (Phi) is 4.08. The van der Waals surface area contributed by atoms with E-state index >= 15 is 0 Å². The number of nitrogens with zero attached hydrogens (tertiary/aromatic N) is 1. The summed E-state index contributed by atoms with van der Waals surface area (Å²) in [6, 6.07) is 6.37. The summed E-state index contributed by atoms with van der Waals surface area (Å²) in [5.74, 6) is 0. The summed E-state index contributed by atoms with van der Waals surface area (Å²) in [5, 5.41) is 4.30. The van der Waals surface area contributed by atoms with Crippen LogP contribution in [0.15, 0.2) is 18.2 Å². The van der Waals surface area contributed by atoms with E-state index in [1.165, 1.54) is 18.5 Å². The molecule has 1 heterocycles. The predicted octanol–water partition coefficient (Wildman–Crippen LogP) is 2.84. The lowest BCUT2D eigenvalue weighted by Gasteiger charge is -2.27. The molecule has 0 saturated carbocycles. The summed E-state index contributed by atoms with van der Waals surface area (Å²) in [6.45, 7) is 6.52. The molecular formula is C13H19ClN2. The maximum Gasteiger partial charge on any atom is 0.0455 e. The number of anilines is 1. The Labute approximate surface area is 103 Å². The van der Waals surface area contributed by atoms with Gasteiger partial charge in [-0.25, -0.2) is 0 Å². The van der Waals surface area contributed by atoms with Gasteiger partial charge in [-0.1, -0.05) is 17.7 Å². The largest absolute Gasteiger partial charge is 0.371 e. The smallest absolute Gasteiger partial charge is 0.0455 e. The molecule has 2 rings (SSSR count). The van der Waals surface area contributed by atoms with Gasteiger partial charge in [0.05, 0.1) is 0 Å². The average molecular weight is 239 g/mol. The van der Waals surface area contributed by atoms with Crippen LogP contribution in [0.1, 0.15) is 18.4 Å². The zero-order chi connectivity index (χ0) is 11.4. The summed E-state index contributed by atoms with van der Waals surface area (Å²) in [6.07, 6.45) is 2.40. The molecule has 1 fully saturated rings. The summed E-state index contributed by atoms with van der Waals surface area (Å²) in [5.41, 5.74) is 2.41. The van der Waals surface area contributed by atoms with Gasteiger partial charge in [0.15, 0.2) is 0 Å². The molecule has 2 nitrogen and oxygen atoms in total. The van der Waals surface area contributed by atoms with Crippen LogP contribution in [0.3, 0.4) is 0 Å². The Morgan fingerprint density at radius 1 is 1.19 bits per heavy atom.